The van der Waals surface area contributed by atoms with Crippen LogP contribution in [0.5, 0.6) is 0 Å². The number of esters is 1. The van der Waals surface area contributed by atoms with Crippen molar-refractivity contribution in [3.05, 3.63) is 83.9 Å². The third-order valence-electron chi connectivity index (χ3n) is 6.68. The molecule has 0 N–H and O–H groups in total. The van der Waals surface area contributed by atoms with Crippen molar-refractivity contribution < 1.29 is 9.53 Å². The molecule has 3 nitrogen and oxygen atoms in total. The lowest BCUT2D eigenvalue weighted by atomic mass is 9.86. The van der Waals surface area contributed by atoms with E-state index in [4.69, 9.17) is 4.74 Å². The molecule has 0 saturated heterocycles. The van der Waals surface area contributed by atoms with Crippen LogP contribution < -0.4 is 0 Å². The molecule has 0 unspecified atom stereocenters. The van der Waals surface area contributed by atoms with E-state index < -0.39 is 0 Å². The van der Waals surface area contributed by atoms with Crippen molar-refractivity contribution in [3.63, 3.8) is 0 Å². The minimum Gasteiger partial charge on any atom is -0.465 e. The Bertz CT molecular complexity index is 1200. The summed E-state index contributed by atoms with van der Waals surface area (Å²) in [7, 11) is 0. The van der Waals surface area contributed by atoms with Crippen molar-refractivity contribution in [1.29, 1.82) is 0 Å². The predicted molar refractivity (Wildman–Crippen MR) is 127 cm³/mol. The first kappa shape index (κ1) is 19.8. The van der Waals surface area contributed by atoms with Crippen molar-refractivity contribution in [2.24, 2.45) is 0 Å². The zero-order valence-electron chi connectivity index (χ0n) is 18.3. The molecule has 1 heterocycles. The molecule has 0 fully saturated rings. The summed E-state index contributed by atoms with van der Waals surface area (Å²) in [4.78, 5) is 14.8. The molecular weight excluding hydrogens is 382 g/mol. The van der Waals surface area contributed by atoms with Gasteiger partial charge < -0.3 is 4.74 Å². The normalized spacial score (nSPS) is 18.4. The van der Waals surface area contributed by atoms with Gasteiger partial charge in [-0.3, -0.25) is 9.69 Å². The lowest BCUT2D eigenvalue weighted by Crippen LogP contribution is -2.35. The number of hydrogen-bond acceptors (Lipinski definition) is 3. The van der Waals surface area contributed by atoms with Crippen LogP contribution in [-0.2, 0) is 9.53 Å². The summed E-state index contributed by atoms with van der Waals surface area (Å²) in [5, 5.41) is 4.99. The average molecular weight is 410 g/mol. The maximum atomic E-state index is 12.5. The zero-order chi connectivity index (χ0) is 21.5. The number of nitrogens with zero attached hydrogens (tertiary/aromatic N) is 1. The van der Waals surface area contributed by atoms with Crippen molar-refractivity contribution in [2.75, 3.05) is 13.2 Å². The Labute approximate surface area is 183 Å². The van der Waals surface area contributed by atoms with E-state index in [2.05, 4.69) is 91.5 Å². The fraction of sp³-hybridized carbons (Fsp3) is 0.250. The van der Waals surface area contributed by atoms with Crippen LogP contribution in [0.15, 0.2) is 72.8 Å². The minimum atomic E-state index is -0.173. The van der Waals surface area contributed by atoms with E-state index in [1.54, 1.807) is 0 Å². The number of hydrogen-bond donors (Lipinski definition) is 0. The molecule has 0 amide bonds. The van der Waals surface area contributed by atoms with Crippen LogP contribution >= 0.6 is 0 Å². The number of carbonyl (C=O) groups is 1. The van der Waals surface area contributed by atoms with Crippen LogP contribution in [0.4, 0.5) is 0 Å². The van der Waals surface area contributed by atoms with E-state index >= 15 is 0 Å². The van der Waals surface area contributed by atoms with Gasteiger partial charge in [0.1, 0.15) is 0 Å². The molecule has 0 aliphatic carbocycles. The molecule has 1 aliphatic heterocycles. The zero-order valence-corrected chi connectivity index (χ0v) is 18.3. The Kier molecular flexibility index (Phi) is 4.99. The van der Waals surface area contributed by atoms with Gasteiger partial charge in [-0.2, -0.15) is 0 Å². The van der Waals surface area contributed by atoms with E-state index in [1.165, 1.54) is 43.8 Å². The Hall–Kier alpha value is -3.17. The Morgan fingerprint density at radius 2 is 1.26 bits per heavy atom. The fourth-order valence-corrected chi connectivity index (χ4v) is 5.15. The van der Waals surface area contributed by atoms with E-state index in [1.807, 2.05) is 6.92 Å². The van der Waals surface area contributed by atoms with Crippen LogP contribution in [0.1, 0.15) is 44.0 Å². The van der Waals surface area contributed by atoms with Gasteiger partial charge in [0.25, 0.3) is 0 Å². The number of rotatable bonds is 3. The third kappa shape index (κ3) is 3.21. The molecule has 156 valence electrons. The largest absolute Gasteiger partial charge is 0.465 e. The van der Waals surface area contributed by atoms with Crippen LogP contribution in [-0.4, -0.2) is 24.0 Å². The average Bonchev–Trinajstić information content (AvgIpc) is 2.88. The smallest absolute Gasteiger partial charge is 0.320 e. The van der Waals surface area contributed by atoms with E-state index in [0.717, 1.165) is 0 Å². The van der Waals surface area contributed by atoms with E-state index in [-0.39, 0.29) is 24.6 Å². The first-order valence-corrected chi connectivity index (χ1v) is 11.0. The highest BCUT2D eigenvalue weighted by atomic mass is 16.5. The van der Waals surface area contributed by atoms with Gasteiger partial charge in [0.05, 0.1) is 13.2 Å². The fourth-order valence-electron chi connectivity index (χ4n) is 5.15. The number of ether oxygens (including phenoxy) is 1. The highest BCUT2D eigenvalue weighted by molar-refractivity contribution is 6.08. The molecular formula is C28H27NO2. The monoisotopic (exact) mass is 409 g/mol. The third-order valence-corrected chi connectivity index (χ3v) is 6.68. The lowest BCUT2D eigenvalue weighted by molar-refractivity contribution is -0.145. The summed E-state index contributed by atoms with van der Waals surface area (Å²) in [5.74, 6) is -0.173. The molecule has 4 aromatic carbocycles. The van der Waals surface area contributed by atoms with Crippen LogP contribution in [0.2, 0.25) is 0 Å². The van der Waals surface area contributed by atoms with Gasteiger partial charge in [-0.25, -0.2) is 0 Å². The Morgan fingerprint density at radius 3 is 1.74 bits per heavy atom. The maximum absolute atomic E-state index is 12.5. The summed E-state index contributed by atoms with van der Waals surface area (Å²) in [5.41, 5.74) is 5.08. The van der Waals surface area contributed by atoms with Gasteiger partial charge in [0, 0.05) is 12.1 Å². The number of fused-ring (bicyclic) bond motifs is 7. The molecule has 0 saturated carbocycles. The first-order valence-electron chi connectivity index (χ1n) is 11.0. The molecule has 1 aliphatic rings. The summed E-state index contributed by atoms with van der Waals surface area (Å²) >= 11 is 0. The second-order valence-corrected chi connectivity index (χ2v) is 8.33. The molecule has 2 atom stereocenters. The van der Waals surface area contributed by atoms with Gasteiger partial charge in [-0.05, 0) is 64.6 Å². The second kappa shape index (κ2) is 7.82. The molecule has 0 bridgehead atoms. The highest BCUT2D eigenvalue weighted by Gasteiger charge is 2.33. The second-order valence-electron chi connectivity index (χ2n) is 8.33. The molecule has 0 spiro atoms. The standard InChI is InChI=1S/C28H27NO2/c1-4-31-26(30)17-29-18(2)22-15-13-20-9-5-7-11-24(20)27(22)28-23(19(29)3)16-14-21-10-6-8-12-25(21)28/h5-16,18-19H,4,17H2,1-3H3/t18-,19-/m0/s1. The summed E-state index contributed by atoms with van der Waals surface area (Å²) in [6.45, 7) is 6.94. The van der Waals surface area contributed by atoms with Crippen LogP contribution in [0.25, 0.3) is 32.7 Å². The van der Waals surface area contributed by atoms with Gasteiger partial charge in [0.2, 0.25) is 0 Å². The molecule has 0 radical (unpaired) electrons. The van der Waals surface area contributed by atoms with Crippen LogP contribution in [0, 0.1) is 0 Å². The minimum absolute atomic E-state index is 0.0742. The summed E-state index contributed by atoms with van der Waals surface area (Å²) in [6, 6.07) is 26.2. The van der Waals surface area contributed by atoms with E-state index in [9.17, 15) is 4.79 Å². The summed E-state index contributed by atoms with van der Waals surface area (Å²) < 4.78 is 5.32. The quantitative estimate of drug-likeness (QED) is 0.354. The van der Waals surface area contributed by atoms with E-state index in [0.29, 0.717) is 6.61 Å². The van der Waals surface area contributed by atoms with Crippen molar-refractivity contribution >= 4 is 27.5 Å². The molecule has 3 heteroatoms. The highest BCUT2D eigenvalue weighted by Crippen LogP contribution is 2.48. The van der Waals surface area contributed by atoms with Crippen molar-refractivity contribution in [2.45, 2.75) is 32.9 Å². The van der Waals surface area contributed by atoms with Crippen LogP contribution in [0.3, 0.4) is 0 Å². The van der Waals surface area contributed by atoms with Gasteiger partial charge >= 0.3 is 5.97 Å². The number of carbonyl (C=O) groups excluding carboxylic acids is 1. The topological polar surface area (TPSA) is 29.5 Å². The Balaban J connectivity index is 1.85. The predicted octanol–water partition coefficient (Wildman–Crippen LogP) is 6.66. The van der Waals surface area contributed by atoms with Crippen molar-refractivity contribution in [3.8, 4) is 11.1 Å². The maximum Gasteiger partial charge on any atom is 0.320 e. The molecule has 5 rings (SSSR count). The Morgan fingerprint density at radius 1 is 0.774 bits per heavy atom. The molecule has 0 aromatic heterocycles. The lowest BCUT2D eigenvalue weighted by Gasteiger charge is -2.32. The van der Waals surface area contributed by atoms with Gasteiger partial charge in [0.15, 0.2) is 0 Å². The summed E-state index contributed by atoms with van der Waals surface area (Å²) in [6.07, 6.45) is 0. The number of benzene rings is 4. The van der Waals surface area contributed by atoms with Gasteiger partial charge in [-0.1, -0.05) is 72.8 Å². The molecule has 31 heavy (non-hydrogen) atoms. The van der Waals surface area contributed by atoms with Gasteiger partial charge in [-0.15, -0.1) is 0 Å². The first-order chi connectivity index (χ1) is 15.1. The van der Waals surface area contributed by atoms with Crippen molar-refractivity contribution in [1.82, 2.24) is 4.90 Å². The SMILES string of the molecule is CCOC(=O)CN1[C@@H](C)c2ccc3ccccc3c2-c2c(ccc3ccccc23)[C@@H]1C. The molecule has 4 aromatic rings.